The molecule has 0 radical (unpaired) electrons. The minimum absolute atomic E-state index is 0.348. The van der Waals surface area contributed by atoms with Gasteiger partial charge in [0.05, 0.1) is 30.6 Å². The van der Waals surface area contributed by atoms with Gasteiger partial charge in [-0.3, -0.25) is 4.79 Å². The van der Waals surface area contributed by atoms with Gasteiger partial charge in [0.1, 0.15) is 4.88 Å². The first-order valence-corrected chi connectivity index (χ1v) is 8.05. The van der Waals surface area contributed by atoms with Crippen LogP contribution in [0.5, 0.6) is 11.5 Å². The van der Waals surface area contributed by atoms with Gasteiger partial charge in [0, 0.05) is 0 Å². The number of aromatic nitrogens is 1. The molecule has 0 saturated carbocycles. The Morgan fingerprint density at radius 1 is 1.43 bits per heavy atom. The quantitative estimate of drug-likeness (QED) is 0.595. The van der Waals surface area contributed by atoms with E-state index in [1.165, 1.54) is 6.21 Å². The van der Waals surface area contributed by atoms with E-state index in [-0.39, 0.29) is 5.91 Å². The molecule has 1 aromatic carbocycles. The third-order valence-corrected chi connectivity index (χ3v) is 4.43. The fourth-order valence-corrected chi connectivity index (χ4v) is 3.20. The molecular formula is C14H15BrN4O3S. The van der Waals surface area contributed by atoms with Crippen LogP contribution in [-0.4, -0.2) is 31.3 Å². The number of halogens is 1. The molecule has 0 aliphatic heterocycles. The van der Waals surface area contributed by atoms with Gasteiger partial charge in [0.15, 0.2) is 16.6 Å². The van der Waals surface area contributed by atoms with Crippen LogP contribution < -0.4 is 20.6 Å². The smallest absolute Gasteiger partial charge is 0.283 e. The predicted molar refractivity (Wildman–Crippen MR) is 93.6 cm³/mol. The standard InChI is InChI=1S/C14H15BrN4O3S/c1-7-12(23-14(16)18-7)13(20)19-17-6-8-4-9(15)11(22-3)10(5-8)21-2/h4-6H,1-3H3,(H2,16,18)(H,19,20)/b17-6-. The fourth-order valence-electron chi connectivity index (χ4n) is 1.86. The van der Waals surface area contributed by atoms with Crippen molar-refractivity contribution in [2.24, 2.45) is 5.10 Å². The van der Waals surface area contributed by atoms with Gasteiger partial charge >= 0.3 is 0 Å². The predicted octanol–water partition coefficient (Wildman–Crippen LogP) is 2.58. The highest BCUT2D eigenvalue weighted by Crippen LogP contribution is 2.35. The van der Waals surface area contributed by atoms with Crippen molar-refractivity contribution >= 4 is 44.5 Å². The highest BCUT2D eigenvalue weighted by atomic mass is 79.9. The Labute approximate surface area is 145 Å². The second-order valence-corrected chi connectivity index (χ2v) is 6.29. The lowest BCUT2D eigenvalue weighted by molar-refractivity contribution is 0.0958. The largest absolute Gasteiger partial charge is 0.493 e. The number of hydrogen-bond acceptors (Lipinski definition) is 7. The Kier molecular flexibility index (Phi) is 5.56. The van der Waals surface area contributed by atoms with Crippen LogP contribution in [0, 0.1) is 6.92 Å². The van der Waals surface area contributed by atoms with Crippen molar-refractivity contribution in [1.29, 1.82) is 0 Å². The van der Waals surface area contributed by atoms with Crippen LogP contribution in [0.25, 0.3) is 0 Å². The van der Waals surface area contributed by atoms with Gasteiger partial charge in [-0.1, -0.05) is 11.3 Å². The number of anilines is 1. The third-order valence-electron chi connectivity index (χ3n) is 2.85. The number of nitrogens with two attached hydrogens (primary N) is 1. The van der Waals surface area contributed by atoms with E-state index in [4.69, 9.17) is 15.2 Å². The Bertz CT molecular complexity index is 761. The zero-order valence-electron chi connectivity index (χ0n) is 12.7. The molecule has 1 amide bonds. The maximum Gasteiger partial charge on any atom is 0.283 e. The lowest BCUT2D eigenvalue weighted by atomic mass is 10.2. The molecule has 122 valence electrons. The number of nitrogen functional groups attached to an aromatic ring is 1. The van der Waals surface area contributed by atoms with Crippen LogP contribution in [0.15, 0.2) is 21.7 Å². The summed E-state index contributed by atoms with van der Waals surface area (Å²) in [7, 11) is 3.10. The van der Waals surface area contributed by atoms with E-state index in [2.05, 4.69) is 31.4 Å². The molecule has 0 spiro atoms. The van der Waals surface area contributed by atoms with Crippen LogP contribution in [0.1, 0.15) is 20.9 Å². The monoisotopic (exact) mass is 398 g/mol. The van der Waals surface area contributed by atoms with Gasteiger partial charge in [-0.25, -0.2) is 10.4 Å². The maximum absolute atomic E-state index is 12.0. The summed E-state index contributed by atoms with van der Waals surface area (Å²) in [6.45, 7) is 1.72. The molecule has 2 rings (SSSR count). The van der Waals surface area contributed by atoms with Gasteiger partial charge in [-0.05, 0) is 40.5 Å². The lowest BCUT2D eigenvalue weighted by Crippen LogP contribution is -2.17. The Morgan fingerprint density at radius 3 is 2.74 bits per heavy atom. The van der Waals surface area contributed by atoms with Crippen molar-refractivity contribution in [1.82, 2.24) is 10.4 Å². The molecule has 23 heavy (non-hydrogen) atoms. The summed E-state index contributed by atoms with van der Waals surface area (Å²) in [6, 6.07) is 3.54. The lowest BCUT2D eigenvalue weighted by Gasteiger charge is -2.10. The van der Waals surface area contributed by atoms with Crippen molar-refractivity contribution in [3.05, 3.63) is 32.7 Å². The molecule has 0 bridgehead atoms. The number of ether oxygens (including phenoxy) is 2. The summed E-state index contributed by atoms with van der Waals surface area (Å²) in [5.41, 5.74) is 9.33. The van der Waals surface area contributed by atoms with Crippen molar-refractivity contribution in [3.63, 3.8) is 0 Å². The number of methoxy groups -OCH3 is 2. The molecule has 0 unspecified atom stereocenters. The molecule has 0 aliphatic carbocycles. The molecule has 1 heterocycles. The summed E-state index contributed by atoms with van der Waals surface area (Å²) in [6.07, 6.45) is 1.50. The molecule has 3 N–H and O–H groups in total. The Hall–Kier alpha value is -2.13. The molecule has 9 heteroatoms. The molecule has 0 aliphatic rings. The number of hydrogen-bond donors (Lipinski definition) is 2. The molecule has 0 atom stereocenters. The normalized spacial score (nSPS) is 10.8. The highest BCUT2D eigenvalue weighted by molar-refractivity contribution is 9.10. The van der Waals surface area contributed by atoms with Crippen molar-refractivity contribution < 1.29 is 14.3 Å². The first-order valence-electron chi connectivity index (χ1n) is 6.44. The van der Waals surface area contributed by atoms with Gasteiger partial charge < -0.3 is 15.2 Å². The first-order chi connectivity index (χ1) is 11.0. The Balaban J connectivity index is 2.13. The summed E-state index contributed by atoms with van der Waals surface area (Å²) < 4.78 is 11.2. The van der Waals surface area contributed by atoms with Crippen molar-refractivity contribution in [2.45, 2.75) is 6.92 Å². The van der Waals surface area contributed by atoms with Crippen LogP contribution >= 0.6 is 27.3 Å². The highest BCUT2D eigenvalue weighted by Gasteiger charge is 2.13. The zero-order valence-corrected chi connectivity index (χ0v) is 15.1. The van der Waals surface area contributed by atoms with E-state index in [1.807, 2.05) is 0 Å². The maximum atomic E-state index is 12.0. The number of rotatable bonds is 5. The first kappa shape index (κ1) is 17.2. The number of amides is 1. The van der Waals surface area contributed by atoms with Gasteiger partial charge in [0.2, 0.25) is 0 Å². The number of carbonyl (C=O) groups excluding carboxylic acids is 1. The summed E-state index contributed by atoms with van der Waals surface area (Å²) in [5, 5.41) is 4.28. The van der Waals surface area contributed by atoms with E-state index in [0.29, 0.717) is 27.2 Å². The zero-order chi connectivity index (χ0) is 17.0. The van der Waals surface area contributed by atoms with Crippen LogP contribution in [-0.2, 0) is 0 Å². The molecular weight excluding hydrogens is 384 g/mol. The molecule has 1 aromatic heterocycles. The average molecular weight is 399 g/mol. The second-order valence-electron chi connectivity index (χ2n) is 4.40. The van der Waals surface area contributed by atoms with E-state index >= 15 is 0 Å². The van der Waals surface area contributed by atoms with Crippen molar-refractivity contribution in [3.8, 4) is 11.5 Å². The van der Waals surface area contributed by atoms with Crippen LogP contribution in [0.3, 0.4) is 0 Å². The fraction of sp³-hybridized carbons (Fsp3) is 0.214. The van der Waals surface area contributed by atoms with Crippen LogP contribution in [0.2, 0.25) is 0 Å². The topological polar surface area (TPSA) is 98.8 Å². The summed E-state index contributed by atoms with van der Waals surface area (Å²) in [4.78, 5) is 16.4. The van der Waals surface area contributed by atoms with E-state index < -0.39 is 0 Å². The molecule has 0 saturated heterocycles. The van der Waals surface area contributed by atoms with E-state index in [1.54, 1.807) is 33.3 Å². The number of benzene rings is 1. The summed E-state index contributed by atoms with van der Waals surface area (Å²) in [5.74, 6) is 0.790. The average Bonchev–Trinajstić information content (AvgIpc) is 2.85. The third kappa shape index (κ3) is 3.99. The molecule has 0 fully saturated rings. The Morgan fingerprint density at radius 2 is 2.17 bits per heavy atom. The molecule has 2 aromatic rings. The van der Waals surface area contributed by atoms with Gasteiger partial charge in [-0.15, -0.1) is 0 Å². The summed E-state index contributed by atoms with van der Waals surface area (Å²) >= 11 is 4.51. The number of hydrazone groups is 1. The number of thiazole rings is 1. The van der Waals surface area contributed by atoms with E-state index in [0.717, 1.165) is 21.4 Å². The number of nitrogens with zero attached hydrogens (tertiary/aromatic N) is 2. The van der Waals surface area contributed by atoms with Gasteiger partial charge in [0.25, 0.3) is 5.91 Å². The van der Waals surface area contributed by atoms with Crippen molar-refractivity contribution in [2.75, 3.05) is 20.0 Å². The minimum atomic E-state index is -0.354. The number of carbonyl (C=O) groups is 1. The minimum Gasteiger partial charge on any atom is -0.493 e. The number of aryl methyl sites for hydroxylation is 1. The number of nitrogens with one attached hydrogen (secondary N) is 1. The van der Waals surface area contributed by atoms with Gasteiger partial charge in [-0.2, -0.15) is 5.10 Å². The van der Waals surface area contributed by atoms with Crippen LogP contribution in [0.4, 0.5) is 5.13 Å². The second kappa shape index (κ2) is 7.42. The van der Waals surface area contributed by atoms with E-state index in [9.17, 15) is 4.79 Å². The molecule has 7 nitrogen and oxygen atoms in total. The SMILES string of the molecule is COc1cc(/C=N\NC(=O)c2sc(N)nc2C)cc(Br)c1OC.